The second-order valence-corrected chi connectivity index (χ2v) is 5.40. The van der Waals surface area contributed by atoms with Gasteiger partial charge in [-0.1, -0.05) is 0 Å². The summed E-state index contributed by atoms with van der Waals surface area (Å²) in [6.07, 6.45) is 4.59. The Bertz CT molecular complexity index is 475. The number of hydrogen-bond acceptors (Lipinski definition) is 3. The normalized spacial score (nSPS) is 24.3. The highest BCUT2D eigenvalue weighted by Crippen LogP contribution is 2.27. The van der Waals surface area contributed by atoms with Crippen molar-refractivity contribution >= 4 is 30.7 Å². The van der Waals surface area contributed by atoms with Gasteiger partial charge in [-0.2, -0.15) is 0 Å². The third-order valence-corrected chi connectivity index (χ3v) is 4.31. The Morgan fingerprint density at radius 3 is 2.43 bits per heavy atom. The molecular formula is C14H20Cl2FN3O. The van der Waals surface area contributed by atoms with Gasteiger partial charge in [0.2, 0.25) is 0 Å². The van der Waals surface area contributed by atoms with Crippen LogP contribution in [0.25, 0.3) is 0 Å². The molecule has 21 heavy (non-hydrogen) atoms. The van der Waals surface area contributed by atoms with Crippen molar-refractivity contribution < 1.29 is 9.18 Å². The van der Waals surface area contributed by atoms with Crippen LogP contribution in [0, 0.1) is 17.7 Å². The summed E-state index contributed by atoms with van der Waals surface area (Å²) in [7, 11) is 0. The minimum absolute atomic E-state index is 0. The first-order chi connectivity index (χ1) is 9.25. The minimum atomic E-state index is -0.529. The molecule has 1 N–H and O–H groups in total. The molecule has 2 aliphatic rings. The summed E-state index contributed by atoms with van der Waals surface area (Å²) in [5.41, 5.74) is 0.139. The molecular weight excluding hydrogens is 316 g/mol. The topological polar surface area (TPSA) is 45.2 Å². The van der Waals surface area contributed by atoms with E-state index >= 15 is 0 Å². The summed E-state index contributed by atoms with van der Waals surface area (Å²) in [5.74, 6) is 0.603. The number of nitrogens with zero attached hydrogens (tertiary/aromatic N) is 2. The number of pyridine rings is 1. The maximum absolute atomic E-state index is 13.6. The minimum Gasteiger partial charge on any atom is -0.339 e. The van der Waals surface area contributed by atoms with Gasteiger partial charge < -0.3 is 10.2 Å². The SMILES string of the molecule is Cl.Cl.O=C(c1ccncc1F)N1CC[C@@H]2CNC[C@@H]2CC1. The van der Waals surface area contributed by atoms with Crippen LogP contribution in [-0.2, 0) is 0 Å². The molecule has 0 unspecified atom stereocenters. The molecule has 3 heterocycles. The fourth-order valence-corrected chi connectivity index (χ4v) is 3.14. The highest BCUT2D eigenvalue weighted by molar-refractivity contribution is 5.94. The number of aromatic nitrogens is 1. The first-order valence-corrected chi connectivity index (χ1v) is 6.85. The molecule has 118 valence electrons. The number of likely N-dealkylation sites (tertiary alicyclic amines) is 1. The Labute approximate surface area is 136 Å². The van der Waals surface area contributed by atoms with Crippen LogP contribution in [0.1, 0.15) is 23.2 Å². The molecule has 3 rings (SSSR count). The van der Waals surface area contributed by atoms with Crippen molar-refractivity contribution in [2.24, 2.45) is 11.8 Å². The van der Waals surface area contributed by atoms with E-state index in [0.29, 0.717) is 11.8 Å². The summed E-state index contributed by atoms with van der Waals surface area (Å²) in [5, 5.41) is 3.41. The molecule has 2 aliphatic heterocycles. The smallest absolute Gasteiger partial charge is 0.256 e. The maximum Gasteiger partial charge on any atom is 0.256 e. The Morgan fingerprint density at radius 1 is 1.24 bits per heavy atom. The summed E-state index contributed by atoms with van der Waals surface area (Å²) in [6, 6.07) is 1.46. The molecule has 0 bridgehead atoms. The number of amides is 1. The number of fused-ring (bicyclic) bond motifs is 1. The average Bonchev–Trinajstić information content (AvgIpc) is 2.78. The predicted octanol–water partition coefficient (Wildman–Crippen LogP) is 2.14. The third-order valence-electron chi connectivity index (χ3n) is 4.31. The zero-order chi connectivity index (χ0) is 13.2. The van der Waals surface area contributed by atoms with E-state index < -0.39 is 5.82 Å². The molecule has 2 fully saturated rings. The first-order valence-electron chi connectivity index (χ1n) is 6.85. The van der Waals surface area contributed by atoms with Gasteiger partial charge in [0.05, 0.1) is 11.8 Å². The van der Waals surface area contributed by atoms with Gasteiger partial charge in [-0.25, -0.2) is 4.39 Å². The van der Waals surface area contributed by atoms with E-state index in [9.17, 15) is 9.18 Å². The van der Waals surface area contributed by atoms with Crippen LogP contribution in [0.3, 0.4) is 0 Å². The number of carbonyl (C=O) groups is 1. The van der Waals surface area contributed by atoms with Crippen molar-refractivity contribution in [2.45, 2.75) is 12.8 Å². The van der Waals surface area contributed by atoms with Crippen LogP contribution >= 0.6 is 24.8 Å². The van der Waals surface area contributed by atoms with Gasteiger partial charge in [-0.05, 0) is 43.8 Å². The van der Waals surface area contributed by atoms with Gasteiger partial charge in [0.15, 0.2) is 5.82 Å². The highest BCUT2D eigenvalue weighted by atomic mass is 35.5. The number of carbonyl (C=O) groups excluding carboxylic acids is 1. The maximum atomic E-state index is 13.6. The van der Waals surface area contributed by atoms with Gasteiger partial charge in [0.25, 0.3) is 5.91 Å². The van der Waals surface area contributed by atoms with Crippen molar-refractivity contribution in [3.05, 3.63) is 29.8 Å². The van der Waals surface area contributed by atoms with Gasteiger partial charge >= 0.3 is 0 Å². The summed E-state index contributed by atoms with van der Waals surface area (Å²) in [6.45, 7) is 3.56. The fraction of sp³-hybridized carbons (Fsp3) is 0.571. The number of halogens is 3. The van der Waals surface area contributed by atoms with Crippen LogP contribution in [0.15, 0.2) is 18.5 Å². The van der Waals surface area contributed by atoms with E-state index in [1.807, 2.05) is 0 Å². The average molecular weight is 336 g/mol. The van der Waals surface area contributed by atoms with Crippen molar-refractivity contribution in [3.63, 3.8) is 0 Å². The zero-order valence-corrected chi connectivity index (χ0v) is 13.3. The molecule has 1 amide bonds. The first kappa shape index (κ1) is 18.1. The van der Waals surface area contributed by atoms with Gasteiger partial charge in [0.1, 0.15) is 0 Å². The van der Waals surface area contributed by atoms with Gasteiger partial charge in [0, 0.05) is 19.3 Å². The second kappa shape index (κ2) is 7.92. The van der Waals surface area contributed by atoms with Crippen LogP contribution in [0.2, 0.25) is 0 Å². The lowest BCUT2D eigenvalue weighted by atomic mass is 9.92. The van der Waals surface area contributed by atoms with Crippen LogP contribution in [0.5, 0.6) is 0 Å². The molecule has 0 radical (unpaired) electrons. The highest BCUT2D eigenvalue weighted by Gasteiger charge is 2.32. The molecule has 7 heteroatoms. The van der Waals surface area contributed by atoms with Gasteiger partial charge in [-0.15, -0.1) is 24.8 Å². The zero-order valence-electron chi connectivity index (χ0n) is 11.6. The Morgan fingerprint density at radius 2 is 1.86 bits per heavy atom. The largest absolute Gasteiger partial charge is 0.339 e. The van der Waals surface area contributed by atoms with E-state index in [-0.39, 0.29) is 36.3 Å². The molecule has 0 aromatic carbocycles. The summed E-state index contributed by atoms with van der Waals surface area (Å²) >= 11 is 0. The van der Waals surface area contributed by atoms with Crippen LogP contribution < -0.4 is 5.32 Å². The molecule has 1 aromatic rings. The Balaban J connectivity index is 0.00000110. The van der Waals surface area contributed by atoms with Crippen molar-refractivity contribution in [1.29, 1.82) is 0 Å². The van der Waals surface area contributed by atoms with Crippen molar-refractivity contribution in [2.75, 3.05) is 26.2 Å². The van der Waals surface area contributed by atoms with E-state index in [1.165, 1.54) is 12.3 Å². The molecule has 4 nitrogen and oxygen atoms in total. The summed E-state index contributed by atoms with van der Waals surface area (Å²) < 4.78 is 13.6. The van der Waals surface area contributed by atoms with E-state index in [1.54, 1.807) is 4.90 Å². The lowest BCUT2D eigenvalue weighted by Crippen LogP contribution is -2.33. The Kier molecular flexibility index (Phi) is 6.84. The van der Waals surface area contributed by atoms with E-state index in [4.69, 9.17) is 0 Å². The Hall–Kier alpha value is -0.910. The van der Waals surface area contributed by atoms with Crippen LogP contribution in [0.4, 0.5) is 4.39 Å². The number of nitrogens with one attached hydrogen (secondary N) is 1. The molecule has 0 spiro atoms. The number of hydrogen-bond donors (Lipinski definition) is 1. The molecule has 2 atom stereocenters. The van der Waals surface area contributed by atoms with Crippen molar-refractivity contribution in [3.8, 4) is 0 Å². The standard InChI is InChI=1S/C14H18FN3O.2ClH/c15-13-9-16-4-1-12(13)14(19)18-5-2-10-7-17-8-11(10)3-6-18;;/h1,4,9-11,17H,2-3,5-8H2;2*1H/t10-,11+;;. The quantitative estimate of drug-likeness (QED) is 0.855. The second-order valence-electron chi connectivity index (χ2n) is 5.40. The lowest BCUT2D eigenvalue weighted by Gasteiger charge is -2.21. The molecule has 0 aliphatic carbocycles. The fourth-order valence-electron chi connectivity index (χ4n) is 3.14. The molecule has 0 saturated carbocycles. The van der Waals surface area contributed by atoms with Crippen LogP contribution in [-0.4, -0.2) is 42.0 Å². The molecule has 2 saturated heterocycles. The number of rotatable bonds is 1. The van der Waals surface area contributed by atoms with E-state index in [0.717, 1.165) is 45.2 Å². The van der Waals surface area contributed by atoms with E-state index in [2.05, 4.69) is 10.3 Å². The molecule has 1 aromatic heterocycles. The summed E-state index contributed by atoms with van der Waals surface area (Å²) in [4.78, 5) is 17.8. The lowest BCUT2D eigenvalue weighted by molar-refractivity contribution is 0.0753. The monoisotopic (exact) mass is 335 g/mol. The van der Waals surface area contributed by atoms with Crippen molar-refractivity contribution in [1.82, 2.24) is 15.2 Å². The predicted molar refractivity (Wildman–Crippen MR) is 83.7 cm³/mol. The third kappa shape index (κ3) is 3.84. The van der Waals surface area contributed by atoms with Gasteiger partial charge in [-0.3, -0.25) is 9.78 Å².